The molecule has 0 rings (SSSR count). The number of ether oxygens (including phenoxy) is 1. The normalized spacial score (nSPS) is 16.4. The SMILES string of the molecule is CCCCC(O)C(O)(O)OC(O)(O)C(O)CCCC. The quantitative estimate of drug-likeness (QED) is 0.294. The van der Waals surface area contributed by atoms with E-state index in [4.69, 9.17) is 0 Å². The number of aliphatic hydroxyl groups is 6. The van der Waals surface area contributed by atoms with Crippen molar-refractivity contribution in [2.75, 3.05) is 0 Å². The topological polar surface area (TPSA) is 131 Å². The maximum atomic E-state index is 9.50. The van der Waals surface area contributed by atoms with E-state index in [1.807, 2.05) is 13.8 Å². The summed E-state index contributed by atoms with van der Waals surface area (Å²) in [6.07, 6.45) is -0.916. The Morgan fingerprint density at radius 3 is 1.37 bits per heavy atom. The van der Waals surface area contributed by atoms with Gasteiger partial charge >= 0.3 is 11.9 Å². The Morgan fingerprint density at radius 2 is 1.11 bits per heavy atom. The molecule has 0 aliphatic carbocycles. The summed E-state index contributed by atoms with van der Waals surface area (Å²) in [7, 11) is 0. The predicted molar refractivity (Wildman–Crippen MR) is 66.5 cm³/mol. The fourth-order valence-electron chi connectivity index (χ4n) is 1.53. The van der Waals surface area contributed by atoms with Gasteiger partial charge in [0.15, 0.2) is 0 Å². The summed E-state index contributed by atoms with van der Waals surface area (Å²) < 4.78 is 4.27. The zero-order valence-corrected chi connectivity index (χ0v) is 11.5. The molecule has 0 aromatic rings. The van der Waals surface area contributed by atoms with Crippen molar-refractivity contribution in [2.45, 2.75) is 76.5 Å². The van der Waals surface area contributed by atoms with Gasteiger partial charge in [0.05, 0.1) is 0 Å². The van der Waals surface area contributed by atoms with Crippen LogP contribution in [0, 0.1) is 0 Å². The maximum absolute atomic E-state index is 9.50. The average Bonchev–Trinajstić information content (AvgIpc) is 2.31. The highest BCUT2D eigenvalue weighted by molar-refractivity contribution is 4.72. The van der Waals surface area contributed by atoms with Crippen LogP contribution in [-0.4, -0.2) is 54.8 Å². The summed E-state index contributed by atoms with van der Waals surface area (Å²) in [6, 6.07) is 0. The summed E-state index contributed by atoms with van der Waals surface area (Å²) in [4.78, 5) is 0. The van der Waals surface area contributed by atoms with Gasteiger partial charge in [0, 0.05) is 0 Å². The molecule has 6 N–H and O–H groups in total. The molecule has 7 heteroatoms. The standard InChI is InChI=1S/C12H26O7/c1-3-5-7-9(13)11(15,16)19-12(17,18)10(14)8-6-4-2/h9-10,13-18H,3-8H2,1-2H3. The first-order valence-electron chi connectivity index (χ1n) is 6.63. The lowest BCUT2D eigenvalue weighted by Gasteiger charge is -2.35. The Labute approximate surface area is 113 Å². The highest BCUT2D eigenvalue weighted by Crippen LogP contribution is 2.24. The first kappa shape index (κ1) is 18.7. The van der Waals surface area contributed by atoms with Crippen LogP contribution in [0.1, 0.15) is 52.4 Å². The van der Waals surface area contributed by atoms with Crippen molar-refractivity contribution in [1.82, 2.24) is 0 Å². The molecule has 2 atom stereocenters. The van der Waals surface area contributed by atoms with Gasteiger partial charge in [-0.15, -0.1) is 0 Å². The van der Waals surface area contributed by atoms with Gasteiger partial charge in [-0.3, -0.25) is 4.74 Å². The Morgan fingerprint density at radius 1 is 0.789 bits per heavy atom. The zero-order chi connectivity index (χ0) is 15.1. The molecule has 0 saturated heterocycles. The Hall–Kier alpha value is -0.280. The molecule has 0 aromatic carbocycles. The van der Waals surface area contributed by atoms with E-state index in [1.165, 1.54) is 0 Å². The number of hydrogen-bond donors (Lipinski definition) is 6. The van der Waals surface area contributed by atoms with Crippen molar-refractivity contribution >= 4 is 0 Å². The van der Waals surface area contributed by atoms with Gasteiger partial charge in [-0.25, -0.2) is 0 Å². The fourth-order valence-corrected chi connectivity index (χ4v) is 1.53. The van der Waals surface area contributed by atoms with Gasteiger partial charge < -0.3 is 30.6 Å². The van der Waals surface area contributed by atoms with Crippen LogP contribution in [0.5, 0.6) is 0 Å². The molecule has 0 aromatic heterocycles. The lowest BCUT2D eigenvalue weighted by Crippen LogP contribution is -2.56. The first-order valence-corrected chi connectivity index (χ1v) is 6.63. The summed E-state index contributed by atoms with van der Waals surface area (Å²) in [5.74, 6) is -6.27. The van der Waals surface area contributed by atoms with Crippen LogP contribution in [0.3, 0.4) is 0 Å². The van der Waals surface area contributed by atoms with Crippen molar-refractivity contribution in [2.24, 2.45) is 0 Å². The lowest BCUT2D eigenvalue weighted by atomic mass is 10.1. The Balaban J connectivity index is 4.51. The molecule has 0 aliphatic heterocycles. The summed E-state index contributed by atoms with van der Waals surface area (Å²) in [6.45, 7) is 3.70. The maximum Gasteiger partial charge on any atom is 0.309 e. The molecule has 0 aliphatic rings. The van der Waals surface area contributed by atoms with Gasteiger partial charge in [0.1, 0.15) is 12.2 Å². The van der Waals surface area contributed by atoms with Crippen molar-refractivity contribution in [3.05, 3.63) is 0 Å². The van der Waals surface area contributed by atoms with Crippen LogP contribution in [0.15, 0.2) is 0 Å². The van der Waals surface area contributed by atoms with Gasteiger partial charge in [-0.2, -0.15) is 0 Å². The molecular weight excluding hydrogens is 256 g/mol. The molecule has 0 saturated carbocycles. The highest BCUT2D eigenvalue weighted by Gasteiger charge is 2.46. The van der Waals surface area contributed by atoms with Gasteiger partial charge in [-0.05, 0) is 12.8 Å². The lowest BCUT2D eigenvalue weighted by molar-refractivity contribution is -0.504. The third-order valence-electron chi connectivity index (χ3n) is 2.83. The predicted octanol–water partition coefficient (Wildman–Crippen LogP) is -0.618. The van der Waals surface area contributed by atoms with E-state index in [0.717, 1.165) is 12.8 Å². The molecule has 0 amide bonds. The second-order valence-corrected chi connectivity index (χ2v) is 4.74. The molecule has 0 heterocycles. The Bertz CT molecular complexity index is 218. The van der Waals surface area contributed by atoms with Crippen molar-refractivity contribution in [3.8, 4) is 0 Å². The second kappa shape index (κ2) is 8.11. The second-order valence-electron chi connectivity index (χ2n) is 4.74. The minimum Gasteiger partial charge on any atom is -0.385 e. The molecule has 0 fully saturated rings. The third-order valence-corrected chi connectivity index (χ3v) is 2.83. The zero-order valence-electron chi connectivity index (χ0n) is 11.5. The minimum atomic E-state index is -3.13. The molecule has 7 nitrogen and oxygen atoms in total. The largest absolute Gasteiger partial charge is 0.385 e. The molecule has 0 bridgehead atoms. The number of rotatable bonds is 10. The van der Waals surface area contributed by atoms with E-state index in [-0.39, 0.29) is 12.8 Å². The third kappa shape index (κ3) is 6.62. The van der Waals surface area contributed by atoms with E-state index >= 15 is 0 Å². The average molecular weight is 282 g/mol. The minimum absolute atomic E-state index is 0.0185. The van der Waals surface area contributed by atoms with Gasteiger partial charge in [-0.1, -0.05) is 39.5 Å². The van der Waals surface area contributed by atoms with Crippen LogP contribution in [0.25, 0.3) is 0 Å². The monoisotopic (exact) mass is 282 g/mol. The molecule has 2 unspecified atom stereocenters. The number of hydrogen-bond acceptors (Lipinski definition) is 7. The van der Waals surface area contributed by atoms with E-state index < -0.39 is 24.2 Å². The van der Waals surface area contributed by atoms with Crippen LogP contribution in [0.4, 0.5) is 0 Å². The van der Waals surface area contributed by atoms with E-state index in [9.17, 15) is 30.6 Å². The molecule has 0 spiro atoms. The summed E-state index contributed by atoms with van der Waals surface area (Å²) >= 11 is 0. The van der Waals surface area contributed by atoms with E-state index in [0.29, 0.717) is 12.8 Å². The van der Waals surface area contributed by atoms with Crippen molar-refractivity contribution in [1.29, 1.82) is 0 Å². The van der Waals surface area contributed by atoms with Gasteiger partial charge in [0.25, 0.3) is 0 Å². The van der Waals surface area contributed by atoms with Crippen LogP contribution < -0.4 is 0 Å². The molecule has 0 radical (unpaired) electrons. The first-order chi connectivity index (χ1) is 8.67. The molecular formula is C12H26O7. The van der Waals surface area contributed by atoms with Crippen molar-refractivity contribution < 1.29 is 35.4 Å². The smallest absolute Gasteiger partial charge is 0.309 e. The number of unbranched alkanes of at least 4 members (excludes halogenated alkanes) is 2. The van der Waals surface area contributed by atoms with E-state index in [1.54, 1.807) is 0 Å². The van der Waals surface area contributed by atoms with Crippen LogP contribution in [-0.2, 0) is 4.74 Å². The molecule has 19 heavy (non-hydrogen) atoms. The fraction of sp³-hybridized carbons (Fsp3) is 1.00. The molecule has 116 valence electrons. The highest BCUT2D eigenvalue weighted by atomic mass is 16.9. The number of aliphatic hydroxyl groups excluding tert-OH is 2. The van der Waals surface area contributed by atoms with Crippen LogP contribution >= 0.6 is 0 Å². The van der Waals surface area contributed by atoms with Crippen LogP contribution in [0.2, 0.25) is 0 Å². The Kier molecular flexibility index (Phi) is 7.99. The summed E-state index contributed by atoms with van der Waals surface area (Å²) in [5, 5.41) is 56.9. The van der Waals surface area contributed by atoms with Crippen molar-refractivity contribution in [3.63, 3.8) is 0 Å². The van der Waals surface area contributed by atoms with Gasteiger partial charge in [0.2, 0.25) is 0 Å². The summed E-state index contributed by atoms with van der Waals surface area (Å²) in [5.41, 5.74) is 0. The van der Waals surface area contributed by atoms with E-state index in [2.05, 4.69) is 4.74 Å².